The molecule has 0 spiro atoms. The van der Waals surface area contributed by atoms with Crippen LogP contribution in [0.15, 0.2) is 33.2 Å². The van der Waals surface area contributed by atoms with E-state index in [0.717, 1.165) is 28.3 Å². The van der Waals surface area contributed by atoms with Gasteiger partial charge in [-0.2, -0.15) is 0 Å². The van der Waals surface area contributed by atoms with Crippen LogP contribution in [0.4, 0.5) is 0 Å². The average Bonchev–Trinajstić information content (AvgIpc) is 3.32. The quantitative estimate of drug-likeness (QED) is 0.829. The lowest BCUT2D eigenvalue weighted by molar-refractivity contribution is 0.361. The van der Waals surface area contributed by atoms with Crippen LogP contribution in [0.5, 0.6) is 0 Å². The monoisotopic (exact) mass is 333 g/mol. The largest absolute Gasteiger partial charge is 0.459 e. The van der Waals surface area contributed by atoms with Gasteiger partial charge in [-0.3, -0.25) is 0 Å². The molecule has 2 saturated carbocycles. The molecule has 106 valence electrons. The minimum Gasteiger partial charge on any atom is -0.459 e. The molecule has 3 heteroatoms. The fourth-order valence-electron chi connectivity index (χ4n) is 3.29. The molecule has 1 atom stereocenters. The first kappa shape index (κ1) is 12.9. The molecular weight excluding hydrogens is 314 g/mol. The van der Waals surface area contributed by atoms with Crippen molar-refractivity contribution >= 4 is 26.9 Å². The summed E-state index contributed by atoms with van der Waals surface area (Å²) in [6.07, 6.45) is 5.75. The summed E-state index contributed by atoms with van der Waals surface area (Å²) in [4.78, 5) is 0. The molecule has 1 unspecified atom stereocenters. The molecule has 1 N–H and O–H groups in total. The molecule has 0 radical (unpaired) electrons. The summed E-state index contributed by atoms with van der Waals surface area (Å²) in [5.41, 5.74) is 1.61. The zero-order valence-corrected chi connectivity index (χ0v) is 13.4. The van der Waals surface area contributed by atoms with Crippen LogP contribution < -0.4 is 5.32 Å². The van der Waals surface area contributed by atoms with Crippen molar-refractivity contribution in [3.63, 3.8) is 0 Å². The number of nitrogens with one attached hydrogen (secondary N) is 1. The maximum Gasteiger partial charge on any atom is 0.134 e. The molecular formula is C17H20BrNO. The van der Waals surface area contributed by atoms with Gasteiger partial charge in [-0.05, 0) is 68.2 Å². The number of benzene rings is 1. The molecule has 1 aromatic carbocycles. The molecule has 2 aliphatic rings. The standard InChI is InChI=1S/C17H20BrNO/c1-11(19-10-17(6-7-17)13-2-3-13)16-9-12-8-14(18)4-5-15(12)20-16/h4-5,8-9,11,13,19H,2-3,6-7,10H2,1H3. The van der Waals surface area contributed by atoms with Crippen LogP contribution in [0.1, 0.15) is 44.4 Å². The molecule has 1 heterocycles. The first-order chi connectivity index (χ1) is 9.66. The topological polar surface area (TPSA) is 25.2 Å². The van der Waals surface area contributed by atoms with Crippen molar-refractivity contribution in [3.8, 4) is 0 Å². The third-order valence-corrected chi connectivity index (χ3v) is 5.51. The molecule has 20 heavy (non-hydrogen) atoms. The second-order valence-corrected chi connectivity index (χ2v) is 7.49. The number of rotatable bonds is 5. The van der Waals surface area contributed by atoms with Crippen molar-refractivity contribution < 1.29 is 4.42 Å². The van der Waals surface area contributed by atoms with E-state index in [2.05, 4.69) is 40.3 Å². The number of furan rings is 1. The molecule has 2 aliphatic carbocycles. The van der Waals surface area contributed by atoms with E-state index < -0.39 is 0 Å². The Morgan fingerprint density at radius 2 is 2.15 bits per heavy atom. The predicted octanol–water partition coefficient (Wildman–Crippen LogP) is 5.04. The van der Waals surface area contributed by atoms with Gasteiger partial charge in [0.25, 0.3) is 0 Å². The van der Waals surface area contributed by atoms with Gasteiger partial charge in [-0.15, -0.1) is 0 Å². The Hall–Kier alpha value is -0.800. The van der Waals surface area contributed by atoms with Gasteiger partial charge in [0.15, 0.2) is 0 Å². The van der Waals surface area contributed by atoms with Crippen LogP contribution in [0.3, 0.4) is 0 Å². The van der Waals surface area contributed by atoms with Crippen molar-refractivity contribution in [1.29, 1.82) is 0 Å². The van der Waals surface area contributed by atoms with E-state index in [-0.39, 0.29) is 6.04 Å². The number of hydrogen-bond acceptors (Lipinski definition) is 2. The lowest BCUT2D eigenvalue weighted by Crippen LogP contribution is -2.27. The van der Waals surface area contributed by atoms with Crippen LogP contribution in [-0.2, 0) is 0 Å². The maximum atomic E-state index is 5.96. The van der Waals surface area contributed by atoms with Gasteiger partial charge >= 0.3 is 0 Å². The highest BCUT2D eigenvalue weighted by molar-refractivity contribution is 9.10. The summed E-state index contributed by atoms with van der Waals surface area (Å²) in [6.45, 7) is 3.36. The van der Waals surface area contributed by atoms with E-state index in [1.54, 1.807) is 0 Å². The highest BCUT2D eigenvalue weighted by Gasteiger charge is 2.53. The molecule has 2 nitrogen and oxygen atoms in total. The van der Waals surface area contributed by atoms with Gasteiger partial charge < -0.3 is 9.73 Å². The number of fused-ring (bicyclic) bond motifs is 1. The molecule has 1 aromatic heterocycles. The highest BCUT2D eigenvalue weighted by Crippen LogP contribution is 2.60. The lowest BCUT2D eigenvalue weighted by Gasteiger charge is -2.18. The summed E-state index contributed by atoms with van der Waals surface area (Å²) in [6, 6.07) is 8.62. The predicted molar refractivity (Wildman–Crippen MR) is 84.7 cm³/mol. The van der Waals surface area contributed by atoms with Crippen molar-refractivity contribution in [2.45, 2.75) is 38.6 Å². The minimum absolute atomic E-state index is 0.289. The normalized spacial score (nSPS) is 22.1. The van der Waals surface area contributed by atoms with E-state index in [1.807, 2.05) is 12.1 Å². The molecule has 2 fully saturated rings. The SMILES string of the molecule is CC(NCC1(C2CC2)CC1)c1cc2cc(Br)ccc2o1. The number of halogens is 1. The summed E-state index contributed by atoms with van der Waals surface area (Å²) in [7, 11) is 0. The van der Waals surface area contributed by atoms with Crippen molar-refractivity contribution in [3.05, 3.63) is 34.5 Å². The van der Waals surface area contributed by atoms with Gasteiger partial charge in [-0.25, -0.2) is 0 Å². The first-order valence-electron chi connectivity index (χ1n) is 7.59. The Kier molecular flexibility index (Phi) is 2.97. The van der Waals surface area contributed by atoms with Gasteiger partial charge in [0.05, 0.1) is 6.04 Å². The van der Waals surface area contributed by atoms with E-state index in [4.69, 9.17) is 4.42 Å². The van der Waals surface area contributed by atoms with Crippen LogP contribution in [0.2, 0.25) is 0 Å². The van der Waals surface area contributed by atoms with E-state index >= 15 is 0 Å². The molecule has 4 rings (SSSR count). The summed E-state index contributed by atoms with van der Waals surface area (Å²) < 4.78 is 7.06. The van der Waals surface area contributed by atoms with E-state index in [1.165, 1.54) is 31.1 Å². The first-order valence-corrected chi connectivity index (χ1v) is 8.38. The number of hydrogen-bond donors (Lipinski definition) is 1. The average molecular weight is 334 g/mol. The minimum atomic E-state index is 0.289. The second-order valence-electron chi connectivity index (χ2n) is 6.57. The van der Waals surface area contributed by atoms with Crippen molar-refractivity contribution in [2.75, 3.05) is 6.54 Å². The zero-order valence-electron chi connectivity index (χ0n) is 11.8. The molecule has 0 aliphatic heterocycles. The molecule has 0 saturated heterocycles. The summed E-state index contributed by atoms with van der Waals surface area (Å²) in [5.74, 6) is 2.05. The van der Waals surface area contributed by atoms with Crippen molar-refractivity contribution in [1.82, 2.24) is 5.32 Å². The fraction of sp³-hybridized carbons (Fsp3) is 0.529. The fourth-order valence-corrected chi connectivity index (χ4v) is 3.67. The van der Waals surface area contributed by atoms with E-state index in [9.17, 15) is 0 Å². The molecule has 2 aromatic rings. The van der Waals surface area contributed by atoms with Crippen LogP contribution in [0.25, 0.3) is 11.0 Å². The lowest BCUT2D eigenvalue weighted by atomic mass is 10.0. The summed E-state index contributed by atoms with van der Waals surface area (Å²) in [5, 5.41) is 4.87. The van der Waals surface area contributed by atoms with Crippen molar-refractivity contribution in [2.24, 2.45) is 11.3 Å². The molecule has 0 bridgehead atoms. The Morgan fingerprint density at radius 1 is 1.35 bits per heavy atom. The van der Waals surface area contributed by atoms with Crippen LogP contribution >= 0.6 is 15.9 Å². The van der Waals surface area contributed by atoms with Crippen LogP contribution in [0, 0.1) is 11.3 Å². The summed E-state index contributed by atoms with van der Waals surface area (Å²) >= 11 is 3.51. The smallest absolute Gasteiger partial charge is 0.134 e. The Bertz CT molecular complexity index is 639. The van der Waals surface area contributed by atoms with Crippen LogP contribution in [-0.4, -0.2) is 6.54 Å². The second kappa shape index (κ2) is 4.60. The third kappa shape index (κ3) is 2.31. The zero-order chi connectivity index (χ0) is 13.7. The van der Waals surface area contributed by atoms with Gasteiger partial charge in [0, 0.05) is 16.4 Å². The van der Waals surface area contributed by atoms with Gasteiger partial charge in [0.1, 0.15) is 11.3 Å². The molecule has 0 amide bonds. The van der Waals surface area contributed by atoms with Gasteiger partial charge in [0.2, 0.25) is 0 Å². The Balaban J connectivity index is 1.47. The highest BCUT2D eigenvalue weighted by atomic mass is 79.9. The third-order valence-electron chi connectivity index (χ3n) is 5.02. The Labute approximate surface area is 128 Å². The van der Waals surface area contributed by atoms with Gasteiger partial charge in [-0.1, -0.05) is 15.9 Å². The van der Waals surface area contributed by atoms with E-state index in [0.29, 0.717) is 5.41 Å². The maximum absolute atomic E-state index is 5.96. The Morgan fingerprint density at radius 3 is 2.85 bits per heavy atom.